The van der Waals surface area contributed by atoms with Gasteiger partial charge in [-0.3, -0.25) is 0 Å². The fourth-order valence-corrected chi connectivity index (χ4v) is 3.40. The van der Waals surface area contributed by atoms with Crippen molar-refractivity contribution in [1.82, 2.24) is 4.98 Å². The van der Waals surface area contributed by atoms with Crippen LogP contribution in [0.4, 0.5) is 5.82 Å². The van der Waals surface area contributed by atoms with Crippen molar-refractivity contribution in [1.29, 1.82) is 10.5 Å². The number of aliphatic hydroxyl groups is 2. The third-order valence-corrected chi connectivity index (χ3v) is 4.74. The first kappa shape index (κ1) is 18.8. The van der Waals surface area contributed by atoms with Crippen LogP contribution in [0.1, 0.15) is 11.1 Å². The molecule has 8 nitrogen and oxygen atoms in total. The van der Waals surface area contributed by atoms with E-state index in [1.54, 1.807) is 18.2 Å². The summed E-state index contributed by atoms with van der Waals surface area (Å²) < 4.78 is 10.7. The lowest BCUT2D eigenvalue weighted by molar-refractivity contribution is 0.174. The van der Waals surface area contributed by atoms with E-state index in [4.69, 9.17) is 19.7 Å². The van der Waals surface area contributed by atoms with Crippen molar-refractivity contribution in [2.75, 3.05) is 37.6 Å². The summed E-state index contributed by atoms with van der Waals surface area (Å²) in [5, 5.41) is 41.0. The van der Waals surface area contributed by atoms with E-state index in [9.17, 15) is 10.5 Å². The molecule has 1 aromatic carbocycles. The van der Waals surface area contributed by atoms with Crippen LogP contribution in [-0.4, -0.2) is 47.5 Å². The molecular weight excluding hydrogens is 368 g/mol. The monoisotopic (exact) mass is 384 g/mol. The lowest BCUT2D eigenvalue weighted by Crippen LogP contribution is -2.11. The Hall–Kier alpha value is -2.98. The fourth-order valence-electron chi connectivity index (χ4n) is 2.67. The Morgan fingerprint density at radius 2 is 1.89 bits per heavy atom. The van der Waals surface area contributed by atoms with Gasteiger partial charge in [0.1, 0.15) is 28.5 Å². The van der Waals surface area contributed by atoms with Gasteiger partial charge in [0.15, 0.2) is 11.5 Å². The number of nitrogens with one attached hydrogen (secondary N) is 1. The van der Waals surface area contributed by atoms with Crippen LogP contribution >= 0.6 is 11.8 Å². The van der Waals surface area contributed by atoms with Crippen LogP contribution in [0.5, 0.6) is 11.5 Å². The first-order valence-electron chi connectivity index (χ1n) is 8.10. The molecular formula is C18H16N4O4S. The Kier molecular flexibility index (Phi) is 5.99. The van der Waals surface area contributed by atoms with Gasteiger partial charge >= 0.3 is 0 Å². The zero-order chi connectivity index (χ0) is 19.2. The molecule has 0 fully saturated rings. The summed E-state index contributed by atoms with van der Waals surface area (Å²) in [4.78, 5) is 4.38. The molecule has 0 aliphatic carbocycles. The van der Waals surface area contributed by atoms with Crippen molar-refractivity contribution in [2.45, 2.75) is 5.03 Å². The Labute approximate surface area is 160 Å². The summed E-state index contributed by atoms with van der Waals surface area (Å²) in [7, 11) is 0. The SMILES string of the molecule is N#Cc1c(NCCO)nc(SCCO)c(C#N)c1-c1ccc2c(c1)OCO2. The van der Waals surface area contributed by atoms with E-state index < -0.39 is 0 Å². The maximum absolute atomic E-state index is 9.75. The van der Waals surface area contributed by atoms with Crippen molar-refractivity contribution >= 4 is 17.6 Å². The quantitative estimate of drug-likeness (QED) is 0.610. The second-order valence-corrected chi connectivity index (χ2v) is 6.49. The second-order valence-electron chi connectivity index (χ2n) is 5.40. The highest BCUT2D eigenvalue weighted by molar-refractivity contribution is 7.99. The number of ether oxygens (including phenoxy) is 2. The number of aliphatic hydroxyl groups excluding tert-OH is 2. The number of nitrogens with zero attached hydrogens (tertiary/aromatic N) is 3. The molecule has 2 heterocycles. The molecule has 0 bridgehead atoms. The summed E-state index contributed by atoms with van der Waals surface area (Å²) in [6.07, 6.45) is 0. The van der Waals surface area contributed by atoms with Crippen molar-refractivity contribution in [3.8, 4) is 34.8 Å². The number of nitriles is 2. The molecule has 1 aliphatic rings. The summed E-state index contributed by atoms with van der Waals surface area (Å²) >= 11 is 1.22. The van der Waals surface area contributed by atoms with Gasteiger partial charge in [-0.1, -0.05) is 6.07 Å². The third-order valence-electron chi connectivity index (χ3n) is 3.78. The van der Waals surface area contributed by atoms with Crippen LogP contribution in [0, 0.1) is 22.7 Å². The highest BCUT2D eigenvalue weighted by Crippen LogP contribution is 2.41. The molecule has 138 valence electrons. The molecule has 0 spiro atoms. The van der Waals surface area contributed by atoms with Crippen LogP contribution in [-0.2, 0) is 0 Å². The molecule has 1 aliphatic heterocycles. The van der Waals surface area contributed by atoms with Gasteiger partial charge in [0.2, 0.25) is 6.79 Å². The standard InChI is InChI=1S/C18H16N4O4S/c19-8-12-16(11-1-2-14-15(7-11)26-10-25-14)13(9-20)18(27-6-5-24)22-17(12)21-3-4-23/h1-2,7,23-24H,3-6,10H2,(H,21,22). The summed E-state index contributed by atoms with van der Waals surface area (Å²) in [6.45, 7) is 0.117. The molecule has 0 atom stereocenters. The zero-order valence-corrected chi connectivity index (χ0v) is 15.0. The molecule has 2 aromatic rings. The fraction of sp³-hybridized carbons (Fsp3) is 0.278. The molecule has 0 saturated heterocycles. The van der Waals surface area contributed by atoms with E-state index in [0.29, 0.717) is 33.4 Å². The first-order valence-corrected chi connectivity index (χ1v) is 9.08. The predicted octanol–water partition coefficient (Wildman–Crippen LogP) is 1.71. The molecule has 0 amide bonds. The van der Waals surface area contributed by atoms with Crippen molar-refractivity contribution in [2.24, 2.45) is 0 Å². The number of rotatable bonds is 7. The van der Waals surface area contributed by atoms with E-state index >= 15 is 0 Å². The van der Waals surface area contributed by atoms with Gasteiger partial charge in [-0.05, 0) is 17.7 Å². The smallest absolute Gasteiger partial charge is 0.231 e. The average Bonchev–Trinajstić information content (AvgIpc) is 3.17. The van der Waals surface area contributed by atoms with E-state index in [-0.39, 0.29) is 43.5 Å². The Balaban J connectivity index is 2.22. The van der Waals surface area contributed by atoms with Crippen LogP contribution < -0.4 is 14.8 Å². The minimum atomic E-state index is -0.134. The molecule has 3 N–H and O–H groups in total. The molecule has 0 radical (unpaired) electrons. The first-order chi connectivity index (χ1) is 13.2. The molecule has 3 rings (SSSR count). The number of benzene rings is 1. The number of anilines is 1. The number of hydrogen-bond donors (Lipinski definition) is 3. The number of aromatic nitrogens is 1. The van der Waals surface area contributed by atoms with E-state index in [1.807, 2.05) is 0 Å². The summed E-state index contributed by atoms with van der Waals surface area (Å²) in [5.74, 6) is 1.76. The largest absolute Gasteiger partial charge is 0.454 e. The number of fused-ring (bicyclic) bond motifs is 1. The number of thioether (sulfide) groups is 1. The molecule has 27 heavy (non-hydrogen) atoms. The van der Waals surface area contributed by atoms with E-state index in [0.717, 1.165) is 0 Å². The van der Waals surface area contributed by atoms with Gasteiger partial charge in [-0.25, -0.2) is 4.98 Å². The van der Waals surface area contributed by atoms with Gasteiger partial charge in [-0.2, -0.15) is 10.5 Å². The highest BCUT2D eigenvalue weighted by atomic mass is 32.2. The van der Waals surface area contributed by atoms with Crippen molar-refractivity contribution in [3.05, 3.63) is 29.3 Å². The van der Waals surface area contributed by atoms with Crippen LogP contribution in [0.3, 0.4) is 0 Å². The average molecular weight is 384 g/mol. The van der Waals surface area contributed by atoms with E-state index in [1.165, 1.54) is 11.8 Å². The maximum atomic E-state index is 9.75. The predicted molar refractivity (Wildman–Crippen MR) is 98.6 cm³/mol. The second kappa shape index (κ2) is 8.60. The van der Waals surface area contributed by atoms with Crippen LogP contribution in [0.2, 0.25) is 0 Å². The Morgan fingerprint density at radius 1 is 1.11 bits per heavy atom. The molecule has 0 saturated carbocycles. The maximum Gasteiger partial charge on any atom is 0.231 e. The third kappa shape index (κ3) is 3.76. The Morgan fingerprint density at radius 3 is 2.59 bits per heavy atom. The molecule has 9 heteroatoms. The summed E-state index contributed by atoms with van der Waals surface area (Å²) in [5.41, 5.74) is 1.49. The van der Waals surface area contributed by atoms with Crippen LogP contribution in [0.25, 0.3) is 11.1 Å². The molecule has 1 aromatic heterocycles. The molecule has 0 unspecified atom stereocenters. The van der Waals surface area contributed by atoms with Gasteiger partial charge in [-0.15, -0.1) is 11.8 Å². The highest BCUT2D eigenvalue weighted by Gasteiger charge is 2.23. The van der Waals surface area contributed by atoms with Crippen LogP contribution in [0.15, 0.2) is 23.2 Å². The number of pyridine rings is 1. The van der Waals surface area contributed by atoms with E-state index in [2.05, 4.69) is 22.4 Å². The minimum absolute atomic E-state index is 0.0734. The van der Waals surface area contributed by atoms with Gasteiger partial charge in [0.25, 0.3) is 0 Å². The van der Waals surface area contributed by atoms with Gasteiger partial charge in [0.05, 0.1) is 18.8 Å². The number of hydrogen-bond acceptors (Lipinski definition) is 9. The lowest BCUT2D eigenvalue weighted by atomic mass is 9.96. The van der Waals surface area contributed by atoms with Gasteiger partial charge in [0, 0.05) is 17.9 Å². The van der Waals surface area contributed by atoms with Crippen molar-refractivity contribution < 1.29 is 19.7 Å². The topological polar surface area (TPSA) is 131 Å². The zero-order valence-electron chi connectivity index (χ0n) is 14.2. The van der Waals surface area contributed by atoms with Gasteiger partial charge < -0.3 is 25.0 Å². The minimum Gasteiger partial charge on any atom is -0.454 e. The normalized spacial score (nSPS) is 11.7. The summed E-state index contributed by atoms with van der Waals surface area (Å²) in [6, 6.07) is 9.43. The lowest BCUT2D eigenvalue weighted by Gasteiger charge is -2.15. The Bertz CT molecular complexity index is 892. The van der Waals surface area contributed by atoms with Crippen molar-refractivity contribution in [3.63, 3.8) is 0 Å².